The molecular weight excluding hydrogens is 408 g/mol. The molecule has 3 aromatic rings. The van der Waals surface area contributed by atoms with Gasteiger partial charge in [0.15, 0.2) is 11.7 Å². The van der Waals surface area contributed by atoms with Crippen molar-refractivity contribution in [3.8, 4) is 11.3 Å². The predicted molar refractivity (Wildman–Crippen MR) is 104 cm³/mol. The minimum atomic E-state index is -0.915. The number of primary amides is 1. The molecule has 28 heavy (non-hydrogen) atoms. The number of nitrogens with zero attached hydrogens (tertiary/aromatic N) is 1. The van der Waals surface area contributed by atoms with Crippen molar-refractivity contribution in [2.45, 2.75) is 12.8 Å². The van der Waals surface area contributed by atoms with Gasteiger partial charge in [0.2, 0.25) is 5.91 Å². The molecule has 0 bridgehead atoms. The highest BCUT2D eigenvalue weighted by molar-refractivity contribution is 6.36. The number of benzene rings is 2. The van der Waals surface area contributed by atoms with Gasteiger partial charge in [-0.2, -0.15) is 0 Å². The van der Waals surface area contributed by atoms with Crippen molar-refractivity contribution < 1.29 is 18.4 Å². The summed E-state index contributed by atoms with van der Waals surface area (Å²) in [7, 11) is 0. The molecule has 1 heterocycles. The lowest BCUT2D eigenvalue weighted by Crippen LogP contribution is -2.16. The minimum Gasteiger partial charge on any atom is -0.441 e. The van der Waals surface area contributed by atoms with Gasteiger partial charge in [-0.05, 0) is 36.4 Å². The van der Waals surface area contributed by atoms with Crippen LogP contribution in [0.15, 0.2) is 47.0 Å². The highest BCUT2D eigenvalue weighted by atomic mass is 35.5. The van der Waals surface area contributed by atoms with Gasteiger partial charge in [0, 0.05) is 29.1 Å². The second-order valence-electron chi connectivity index (χ2n) is 5.85. The van der Waals surface area contributed by atoms with Gasteiger partial charge in [-0.15, -0.1) is 0 Å². The smallest absolute Gasteiger partial charge is 0.251 e. The molecule has 1 aromatic heterocycles. The number of carbonyl (C=O) groups is 2. The Morgan fingerprint density at radius 2 is 1.96 bits per heavy atom. The van der Waals surface area contributed by atoms with Gasteiger partial charge >= 0.3 is 0 Å². The molecule has 2 aromatic carbocycles. The Morgan fingerprint density at radius 1 is 1.18 bits per heavy atom. The van der Waals surface area contributed by atoms with Crippen molar-refractivity contribution >= 4 is 40.7 Å². The van der Waals surface area contributed by atoms with E-state index in [2.05, 4.69) is 10.3 Å². The summed E-state index contributed by atoms with van der Waals surface area (Å²) in [4.78, 5) is 27.4. The van der Waals surface area contributed by atoms with E-state index in [1.807, 2.05) is 0 Å². The Hall–Kier alpha value is -2.90. The normalized spacial score (nSPS) is 10.7. The topological polar surface area (TPSA) is 98.2 Å². The molecule has 3 N–H and O–H groups in total. The van der Waals surface area contributed by atoms with Crippen LogP contribution in [0.3, 0.4) is 0 Å². The van der Waals surface area contributed by atoms with E-state index in [4.69, 9.17) is 33.4 Å². The first-order valence-electron chi connectivity index (χ1n) is 8.13. The molecule has 3 rings (SSSR count). The number of carbonyl (C=O) groups excluding carboxylic acids is 2. The third-order valence-corrected chi connectivity index (χ3v) is 4.38. The number of nitrogens with two attached hydrogens (primary N) is 1. The number of hydrogen-bond acceptors (Lipinski definition) is 4. The third kappa shape index (κ3) is 4.68. The first-order chi connectivity index (χ1) is 13.3. The predicted octanol–water partition coefficient (Wildman–Crippen LogP) is 4.46. The van der Waals surface area contributed by atoms with E-state index in [0.29, 0.717) is 27.3 Å². The van der Waals surface area contributed by atoms with Crippen molar-refractivity contribution in [1.82, 2.24) is 4.98 Å². The Morgan fingerprint density at radius 3 is 2.68 bits per heavy atom. The van der Waals surface area contributed by atoms with Crippen molar-refractivity contribution in [1.29, 1.82) is 0 Å². The summed E-state index contributed by atoms with van der Waals surface area (Å²) in [5, 5.41) is 3.50. The van der Waals surface area contributed by atoms with Crippen LogP contribution in [-0.4, -0.2) is 16.8 Å². The molecule has 0 atom stereocenters. The maximum absolute atomic E-state index is 13.5. The number of hydrogen-bond donors (Lipinski definition) is 2. The van der Waals surface area contributed by atoms with Crippen LogP contribution in [0, 0.1) is 5.82 Å². The zero-order valence-corrected chi connectivity index (χ0v) is 15.9. The summed E-state index contributed by atoms with van der Waals surface area (Å²) >= 11 is 12.0. The van der Waals surface area contributed by atoms with Gasteiger partial charge in [0.1, 0.15) is 5.82 Å². The number of anilines is 1. The average Bonchev–Trinajstić information content (AvgIpc) is 3.10. The van der Waals surface area contributed by atoms with E-state index in [9.17, 15) is 14.0 Å². The maximum Gasteiger partial charge on any atom is 0.251 e. The summed E-state index contributed by atoms with van der Waals surface area (Å²) in [6.45, 7) is 0. The van der Waals surface area contributed by atoms with Gasteiger partial charge in [-0.3, -0.25) is 9.59 Å². The zero-order valence-electron chi connectivity index (χ0n) is 14.3. The van der Waals surface area contributed by atoms with Crippen LogP contribution in [-0.2, 0) is 11.2 Å². The molecule has 0 aliphatic rings. The molecule has 0 spiro atoms. The molecule has 0 saturated heterocycles. The van der Waals surface area contributed by atoms with E-state index in [1.165, 1.54) is 18.3 Å². The van der Waals surface area contributed by atoms with Crippen molar-refractivity contribution in [3.63, 3.8) is 0 Å². The Bertz CT molecular complexity index is 1050. The van der Waals surface area contributed by atoms with Crippen molar-refractivity contribution in [2.24, 2.45) is 5.73 Å². The molecule has 0 fully saturated rings. The fourth-order valence-electron chi connectivity index (χ4n) is 2.48. The van der Waals surface area contributed by atoms with Crippen LogP contribution in [0.25, 0.3) is 11.3 Å². The summed E-state index contributed by atoms with van der Waals surface area (Å²) in [5.41, 5.74) is 5.70. The minimum absolute atomic E-state index is 0.0670. The van der Waals surface area contributed by atoms with E-state index in [-0.39, 0.29) is 30.0 Å². The number of aromatic nitrogens is 1. The molecule has 0 aliphatic heterocycles. The number of nitrogens with one attached hydrogen (secondary N) is 1. The number of rotatable bonds is 6. The number of amides is 2. The van der Waals surface area contributed by atoms with Crippen molar-refractivity contribution in [3.05, 3.63) is 69.9 Å². The largest absolute Gasteiger partial charge is 0.441 e. The Kier molecular flexibility index (Phi) is 5.96. The second-order valence-corrected chi connectivity index (χ2v) is 6.69. The molecule has 0 unspecified atom stereocenters. The lowest BCUT2D eigenvalue weighted by molar-refractivity contribution is -0.116. The number of halogens is 3. The second kappa shape index (κ2) is 8.41. The summed E-state index contributed by atoms with van der Waals surface area (Å²) < 4.78 is 19.1. The van der Waals surface area contributed by atoms with E-state index < -0.39 is 11.7 Å². The fourth-order valence-corrected chi connectivity index (χ4v) is 2.98. The van der Waals surface area contributed by atoms with Crippen LogP contribution in [0.4, 0.5) is 10.1 Å². The van der Waals surface area contributed by atoms with Crippen LogP contribution in [0.5, 0.6) is 0 Å². The molecule has 0 radical (unpaired) electrons. The standard InChI is InChI=1S/C19H14Cl2FN3O3/c20-10-1-3-12(14(21)7-10)16-9-24-18(28-16)6-5-17(26)25-11-2-4-15(22)13(8-11)19(23)27/h1-4,7-9H,5-6H2,(H2,23,27)(H,25,26). The van der Waals surface area contributed by atoms with Gasteiger partial charge in [0.05, 0.1) is 16.8 Å². The SMILES string of the molecule is NC(=O)c1cc(NC(=O)CCc2ncc(-c3ccc(Cl)cc3Cl)o2)ccc1F. The van der Waals surface area contributed by atoms with Crippen LogP contribution in [0.1, 0.15) is 22.7 Å². The van der Waals surface area contributed by atoms with Crippen LogP contribution >= 0.6 is 23.2 Å². The summed E-state index contributed by atoms with van der Waals surface area (Å²) in [5.74, 6) is -1.21. The first kappa shape index (κ1) is 19.9. The maximum atomic E-state index is 13.5. The third-order valence-electron chi connectivity index (χ3n) is 3.83. The van der Waals surface area contributed by atoms with Gasteiger partial charge in [-0.25, -0.2) is 9.37 Å². The van der Waals surface area contributed by atoms with E-state index >= 15 is 0 Å². The van der Waals surface area contributed by atoms with Crippen LogP contribution in [0.2, 0.25) is 10.0 Å². The molecule has 9 heteroatoms. The van der Waals surface area contributed by atoms with Crippen molar-refractivity contribution in [2.75, 3.05) is 5.32 Å². The fraction of sp³-hybridized carbons (Fsp3) is 0.105. The Labute approximate surface area is 169 Å². The van der Waals surface area contributed by atoms with Gasteiger partial charge < -0.3 is 15.5 Å². The highest BCUT2D eigenvalue weighted by Crippen LogP contribution is 2.30. The Balaban J connectivity index is 1.62. The molecular formula is C19H14Cl2FN3O3. The van der Waals surface area contributed by atoms with E-state index in [1.54, 1.807) is 18.2 Å². The lowest BCUT2D eigenvalue weighted by atomic mass is 10.1. The zero-order chi connectivity index (χ0) is 20.3. The first-order valence-corrected chi connectivity index (χ1v) is 8.88. The van der Waals surface area contributed by atoms with Crippen LogP contribution < -0.4 is 11.1 Å². The summed E-state index contributed by atoms with van der Waals surface area (Å²) in [6.07, 6.45) is 1.82. The average molecular weight is 422 g/mol. The monoisotopic (exact) mass is 421 g/mol. The lowest BCUT2D eigenvalue weighted by Gasteiger charge is -2.06. The number of oxazole rings is 1. The highest BCUT2D eigenvalue weighted by Gasteiger charge is 2.13. The van der Waals surface area contributed by atoms with Gasteiger partial charge in [-0.1, -0.05) is 23.2 Å². The summed E-state index contributed by atoms with van der Waals surface area (Å²) in [6, 6.07) is 8.57. The molecule has 144 valence electrons. The number of aryl methyl sites for hydroxylation is 1. The quantitative estimate of drug-likeness (QED) is 0.613. The molecule has 0 aliphatic carbocycles. The molecule has 0 saturated carbocycles. The van der Waals surface area contributed by atoms with Gasteiger partial charge in [0.25, 0.3) is 5.91 Å². The molecule has 2 amide bonds. The molecule has 6 nitrogen and oxygen atoms in total. The van der Waals surface area contributed by atoms with E-state index in [0.717, 1.165) is 6.07 Å².